The maximum Gasteiger partial charge on any atom is 0.243 e. The van der Waals surface area contributed by atoms with Crippen LogP contribution in [0.4, 0.5) is 0 Å². The Morgan fingerprint density at radius 3 is 2.71 bits per heavy atom. The van der Waals surface area contributed by atoms with Crippen LogP contribution in [-0.2, 0) is 16.6 Å². The molecule has 0 spiro atoms. The van der Waals surface area contributed by atoms with Crippen molar-refractivity contribution in [2.45, 2.75) is 43.7 Å². The molecule has 2 rings (SSSR count). The maximum absolute atomic E-state index is 12.3. The van der Waals surface area contributed by atoms with Crippen LogP contribution in [0.3, 0.4) is 0 Å². The minimum Gasteiger partial charge on any atom is -0.329 e. The smallest absolute Gasteiger partial charge is 0.243 e. The van der Waals surface area contributed by atoms with Gasteiger partial charge in [0, 0.05) is 18.8 Å². The zero-order chi connectivity index (χ0) is 15.3. The molecule has 0 saturated carbocycles. The highest BCUT2D eigenvalue weighted by Crippen LogP contribution is 2.14. The average molecular weight is 315 g/mol. The van der Waals surface area contributed by atoms with Crippen molar-refractivity contribution in [2.24, 2.45) is 5.73 Å². The molecule has 3 N–H and O–H groups in total. The molecule has 1 saturated heterocycles. The van der Waals surface area contributed by atoms with E-state index in [1.54, 1.807) is 4.68 Å². The Kier molecular flexibility index (Phi) is 5.74. The van der Waals surface area contributed by atoms with Crippen molar-refractivity contribution in [3.63, 3.8) is 0 Å². The summed E-state index contributed by atoms with van der Waals surface area (Å²) in [6.45, 7) is 6.11. The predicted octanol–water partition coefficient (Wildman–Crippen LogP) is -0.00550. The fourth-order valence-electron chi connectivity index (χ4n) is 2.62. The molecule has 0 aromatic carbocycles. The van der Waals surface area contributed by atoms with Crippen molar-refractivity contribution in [2.75, 3.05) is 26.2 Å². The van der Waals surface area contributed by atoms with Gasteiger partial charge in [0.2, 0.25) is 10.0 Å². The van der Waals surface area contributed by atoms with Crippen LogP contribution in [0.2, 0.25) is 0 Å². The first-order valence-electron chi connectivity index (χ1n) is 7.52. The van der Waals surface area contributed by atoms with Crippen LogP contribution in [-0.4, -0.2) is 55.3 Å². The van der Waals surface area contributed by atoms with E-state index in [0.717, 1.165) is 38.9 Å². The SMILES string of the molecule is CCCN1CCC(NS(=O)(=O)c2cnn(CCN)c2)CC1. The summed E-state index contributed by atoms with van der Waals surface area (Å²) in [5, 5.41) is 4.01. The molecule has 8 heteroatoms. The molecule has 7 nitrogen and oxygen atoms in total. The van der Waals surface area contributed by atoms with Crippen LogP contribution in [0.25, 0.3) is 0 Å². The molecule has 0 amide bonds. The van der Waals surface area contributed by atoms with Crippen LogP contribution < -0.4 is 10.5 Å². The zero-order valence-electron chi connectivity index (χ0n) is 12.5. The van der Waals surface area contributed by atoms with E-state index in [1.807, 2.05) is 0 Å². The van der Waals surface area contributed by atoms with Gasteiger partial charge in [-0.15, -0.1) is 0 Å². The van der Waals surface area contributed by atoms with E-state index in [9.17, 15) is 8.42 Å². The third-order valence-electron chi connectivity index (χ3n) is 3.73. The van der Waals surface area contributed by atoms with Gasteiger partial charge >= 0.3 is 0 Å². The van der Waals surface area contributed by atoms with Gasteiger partial charge < -0.3 is 10.6 Å². The molecule has 0 bridgehead atoms. The lowest BCUT2D eigenvalue weighted by molar-refractivity contribution is 0.208. The van der Waals surface area contributed by atoms with Crippen molar-refractivity contribution in [3.8, 4) is 0 Å². The van der Waals surface area contributed by atoms with Gasteiger partial charge in [-0.3, -0.25) is 4.68 Å². The Morgan fingerprint density at radius 2 is 2.10 bits per heavy atom. The number of piperidine rings is 1. The van der Waals surface area contributed by atoms with Crippen LogP contribution in [0.15, 0.2) is 17.3 Å². The summed E-state index contributed by atoms with van der Waals surface area (Å²) in [5.74, 6) is 0. The van der Waals surface area contributed by atoms with Crippen molar-refractivity contribution in [3.05, 3.63) is 12.4 Å². The highest BCUT2D eigenvalue weighted by Gasteiger charge is 2.25. The summed E-state index contributed by atoms with van der Waals surface area (Å²) in [6, 6.07) is 0.0148. The topological polar surface area (TPSA) is 93.2 Å². The van der Waals surface area contributed by atoms with Gasteiger partial charge in [-0.05, 0) is 38.9 Å². The Bertz CT molecular complexity index is 535. The minimum atomic E-state index is -3.48. The van der Waals surface area contributed by atoms with Gasteiger partial charge in [-0.25, -0.2) is 13.1 Å². The molecule has 0 aliphatic carbocycles. The number of rotatable bonds is 7. The second-order valence-electron chi connectivity index (χ2n) is 5.46. The largest absolute Gasteiger partial charge is 0.329 e. The molecular weight excluding hydrogens is 290 g/mol. The first kappa shape index (κ1) is 16.4. The minimum absolute atomic E-state index is 0.0148. The highest BCUT2D eigenvalue weighted by atomic mass is 32.2. The van der Waals surface area contributed by atoms with Gasteiger partial charge in [0.1, 0.15) is 4.90 Å². The Labute approximate surface area is 126 Å². The molecular formula is C13H25N5O2S. The van der Waals surface area contributed by atoms with Crippen molar-refractivity contribution >= 4 is 10.0 Å². The van der Waals surface area contributed by atoms with Crippen molar-refractivity contribution < 1.29 is 8.42 Å². The summed E-state index contributed by atoms with van der Waals surface area (Å²) >= 11 is 0. The Morgan fingerprint density at radius 1 is 1.38 bits per heavy atom. The summed E-state index contributed by atoms with van der Waals surface area (Å²) in [7, 11) is -3.48. The lowest BCUT2D eigenvalue weighted by atomic mass is 10.1. The third-order valence-corrected chi connectivity index (χ3v) is 5.20. The first-order valence-corrected chi connectivity index (χ1v) is 9.00. The fraction of sp³-hybridized carbons (Fsp3) is 0.769. The summed E-state index contributed by atoms with van der Waals surface area (Å²) in [4.78, 5) is 2.59. The second kappa shape index (κ2) is 7.35. The lowest BCUT2D eigenvalue weighted by Crippen LogP contribution is -2.44. The molecule has 0 unspecified atom stereocenters. The number of nitrogens with one attached hydrogen (secondary N) is 1. The summed E-state index contributed by atoms with van der Waals surface area (Å²) in [6.07, 6.45) is 5.76. The molecule has 1 aromatic rings. The lowest BCUT2D eigenvalue weighted by Gasteiger charge is -2.31. The van der Waals surface area contributed by atoms with E-state index in [4.69, 9.17) is 5.73 Å². The standard InChI is InChI=1S/C13H25N5O2S/c1-2-6-17-7-3-12(4-8-17)16-21(19,20)13-10-15-18(11-13)9-5-14/h10-12,16H,2-9,14H2,1H3. The third kappa shape index (κ3) is 4.50. The molecule has 1 aromatic heterocycles. The zero-order valence-corrected chi connectivity index (χ0v) is 13.3. The summed E-state index contributed by atoms with van der Waals surface area (Å²) in [5.41, 5.74) is 5.44. The molecule has 1 aliphatic heterocycles. The van der Waals surface area contributed by atoms with Gasteiger partial charge in [-0.1, -0.05) is 6.92 Å². The first-order chi connectivity index (χ1) is 10.0. The molecule has 0 radical (unpaired) electrons. The van der Waals surface area contributed by atoms with E-state index < -0.39 is 10.0 Å². The van der Waals surface area contributed by atoms with Crippen molar-refractivity contribution in [1.82, 2.24) is 19.4 Å². The van der Waals surface area contributed by atoms with Gasteiger partial charge in [0.25, 0.3) is 0 Å². The number of hydrogen-bond donors (Lipinski definition) is 2. The van der Waals surface area contributed by atoms with Crippen molar-refractivity contribution in [1.29, 1.82) is 0 Å². The van der Waals surface area contributed by atoms with Crippen LogP contribution >= 0.6 is 0 Å². The average Bonchev–Trinajstić information content (AvgIpc) is 2.91. The van der Waals surface area contributed by atoms with E-state index >= 15 is 0 Å². The second-order valence-corrected chi connectivity index (χ2v) is 7.18. The van der Waals surface area contributed by atoms with Gasteiger partial charge in [0.15, 0.2) is 0 Å². The molecule has 21 heavy (non-hydrogen) atoms. The molecule has 1 fully saturated rings. The maximum atomic E-state index is 12.3. The Hall–Kier alpha value is -0.960. The molecule has 2 heterocycles. The van der Waals surface area contributed by atoms with Gasteiger partial charge in [0.05, 0.1) is 12.7 Å². The normalized spacial score (nSPS) is 18.2. The van der Waals surface area contributed by atoms with Crippen LogP contribution in [0, 0.1) is 0 Å². The monoisotopic (exact) mass is 315 g/mol. The predicted molar refractivity (Wildman–Crippen MR) is 81.4 cm³/mol. The van der Waals surface area contributed by atoms with E-state index in [2.05, 4.69) is 21.6 Å². The number of likely N-dealkylation sites (tertiary alicyclic amines) is 1. The number of sulfonamides is 1. The van der Waals surface area contributed by atoms with E-state index in [1.165, 1.54) is 12.4 Å². The molecule has 120 valence electrons. The number of nitrogens with zero attached hydrogens (tertiary/aromatic N) is 3. The van der Waals surface area contributed by atoms with E-state index in [-0.39, 0.29) is 10.9 Å². The summed E-state index contributed by atoms with van der Waals surface area (Å²) < 4.78 is 29.0. The van der Waals surface area contributed by atoms with E-state index in [0.29, 0.717) is 13.1 Å². The highest BCUT2D eigenvalue weighted by molar-refractivity contribution is 7.89. The fourth-order valence-corrected chi connectivity index (χ4v) is 3.87. The Balaban J connectivity index is 1.92. The molecule has 1 aliphatic rings. The van der Waals surface area contributed by atoms with Gasteiger partial charge in [-0.2, -0.15) is 5.10 Å². The van der Waals surface area contributed by atoms with Crippen LogP contribution in [0.5, 0.6) is 0 Å². The number of hydrogen-bond acceptors (Lipinski definition) is 5. The molecule has 0 atom stereocenters. The quantitative estimate of drug-likeness (QED) is 0.738. The number of nitrogens with two attached hydrogens (primary N) is 1. The number of aromatic nitrogens is 2. The van der Waals surface area contributed by atoms with Crippen LogP contribution in [0.1, 0.15) is 26.2 Å².